The Hall–Kier alpha value is -2.48. The smallest absolute Gasteiger partial charge is 0.334 e. The van der Waals surface area contributed by atoms with E-state index >= 15 is 0 Å². The number of aromatic nitrogens is 1. The van der Waals surface area contributed by atoms with Gasteiger partial charge in [-0.05, 0) is 23.3 Å². The number of hydrogen-bond acceptors (Lipinski definition) is 5. The van der Waals surface area contributed by atoms with Crippen molar-refractivity contribution < 1.29 is 9.72 Å². The molecule has 2 amide bonds. The van der Waals surface area contributed by atoms with Crippen LogP contribution in [0.2, 0.25) is 0 Å². The number of anilines is 1. The van der Waals surface area contributed by atoms with Crippen molar-refractivity contribution in [3.63, 3.8) is 0 Å². The number of nitrogens with zero attached hydrogens (tertiary/aromatic N) is 2. The molecule has 2 N–H and O–H groups in total. The summed E-state index contributed by atoms with van der Waals surface area (Å²) in [7, 11) is 0. The number of hydrogen-bond donors (Lipinski definition) is 2. The first-order chi connectivity index (χ1) is 10.1. The van der Waals surface area contributed by atoms with Crippen LogP contribution >= 0.6 is 11.3 Å². The number of nitrogens with one attached hydrogen (secondary N) is 2. The fraction of sp³-hybridized carbons (Fsp3) is 0.231. The van der Waals surface area contributed by atoms with E-state index in [0.717, 1.165) is 24.0 Å². The Morgan fingerprint density at radius 3 is 2.81 bits per heavy atom. The average Bonchev–Trinajstić information content (AvgIpc) is 3.06. The lowest BCUT2D eigenvalue weighted by Gasteiger charge is -2.04. The number of rotatable bonds is 4. The molecule has 108 valence electrons. The topological polar surface area (TPSA) is 97.2 Å². The molecule has 0 radical (unpaired) electrons. The second-order valence-electron chi connectivity index (χ2n) is 4.72. The summed E-state index contributed by atoms with van der Waals surface area (Å²) in [6, 6.07) is 9.68. The molecule has 0 unspecified atom stereocenters. The van der Waals surface area contributed by atoms with Gasteiger partial charge in [-0.1, -0.05) is 30.3 Å². The Bertz CT molecular complexity index is 673. The van der Waals surface area contributed by atoms with Crippen molar-refractivity contribution in [2.75, 3.05) is 5.32 Å². The van der Waals surface area contributed by atoms with E-state index < -0.39 is 4.92 Å². The van der Waals surface area contributed by atoms with Crippen molar-refractivity contribution in [1.82, 2.24) is 10.3 Å². The maximum Gasteiger partial charge on any atom is 0.345 e. The first-order valence-corrected chi connectivity index (χ1v) is 7.18. The molecule has 1 aliphatic rings. The van der Waals surface area contributed by atoms with E-state index in [1.807, 2.05) is 30.3 Å². The molecular weight excluding hydrogens is 292 g/mol. The molecule has 0 saturated heterocycles. The highest BCUT2D eigenvalue weighted by molar-refractivity contribution is 7.18. The van der Waals surface area contributed by atoms with Crippen LogP contribution in [0, 0.1) is 10.1 Å². The van der Waals surface area contributed by atoms with E-state index in [1.54, 1.807) is 0 Å². The van der Waals surface area contributed by atoms with E-state index in [-0.39, 0.29) is 22.2 Å². The number of urea groups is 1. The number of carbonyl (C=O) groups excluding carboxylic acids is 1. The molecule has 1 aromatic carbocycles. The van der Waals surface area contributed by atoms with Crippen LogP contribution in [0.3, 0.4) is 0 Å². The molecular formula is C13H12N4O3S. The van der Waals surface area contributed by atoms with Crippen LogP contribution < -0.4 is 10.6 Å². The molecule has 0 aliphatic heterocycles. The molecule has 2 aromatic rings. The monoisotopic (exact) mass is 304 g/mol. The zero-order valence-corrected chi connectivity index (χ0v) is 11.7. The molecule has 1 aliphatic carbocycles. The third-order valence-electron chi connectivity index (χ3n) is 3.23. The van der Waals surface area contributed by atoms with Crippen LogP contribution in [0.25, 0.3) is 0 Å². The molecule has 1 aromatic heterocycles. The Labute approximate surface area is 124 Å². The van der Waals surface area contributed by atoms with Crippen LogP contribution in [0.1, 0.15) is 17.9 Å². The van der Waals surface area contributed by atoms with Gasteiger partial charge in [0.15, 0.2) is 5.13 Å². The van der Waals surface area contributed by atoms with Gasteiger partial charge in [-0.25, -0.2) is 9.78 Å². The zero-order valence-electron chi connectivity index (χ0n) is 10.9. The van der Waals surface area contributed by atoms with E-state index in [2.05, 4.69) is 15.6 Å². The predicted molar refractivity (Wildman–Crippen MR) is 78.5 cm³/mol. The molecule has 1 fully saturated rings. The van der Waals surface area contributed by atoms with Crippen LogP contribution in [-0.4, -0.2) is 22.0 Å². The minimum atomic E-state index is -0.535. The van der Waals surface area contributed by atoms with E-state index in [0.29, 0.717) is 5.92 Å². The van der Waals surface area contributed by atoms with Gasteiger partial charge in [0.05, 0.1) is 4.92 Å². The molecule has 1 heterocycles. The highest BCUT2D eigenvalue weighted by Crippen LogP contribution is 2.40. The molecule has 0 bridgehead atoms. The second kappa shape index (κ2) is 5.49. The van der Waals surface area contributed by atoms with Crippen molar-refractivity contribution >= 4 is 27.5 Å². The normalized spacial score (nSPS) is 19.8. The lowest BCUT2D eigenvalue weighted by Crippen LogP contribution is -2.31. The Balaban J connectivity index is 1.52. The fourth-order valence-corrected chi connectivity index (χ4v) is 2.76. The van der Waals surface area contributed by atoms with Crippen LogP contribution in [-0.2, 0) is 0 Å². The minimum Gasteiger partial charge on any atom is -0.334 e. The predicted octanol–water partition coefficient (Wildman–Crippen LogP) is 2.73. The summed E-state index contributed by atoms with van der Waals surface area (Å²) < 4.78 is 0. The number of thiazole rings is 1. The molecule has 0 spiro atoms. The van der Waals surface area contributed by atoms with E-state index in [1.165, 1.54) is 5.56 Å². The maximum absolute atomic E-state index is 11.8. The highest BCUT2D eigenvalue weighted by Gasteiger charge is 2.39. The van der Waals surface area contributed by atoms with Crippen LogP contribution in [0.15, 0.2) is 36.5 Å². The fourth-order valence-electron chi connectivity index (χ4n) is 2.13. The first kappa shape index (κ1) is 13.5. The van der Waals surface area contributed by atoms with Crippen molar-refractivity contribution in [3.8, 4) is 0 Å². The molecule has 2 atom stereocenters. The van der Waals surface area contributed by atoms with Crippen molar-refractivity contribution in [1.29, 1.82) is 0 Å². The third-order valence-corrected chi connectivity index (χ3v) is 4.09. The van der Waals surface area contributed by atoms with Crippen molar-refractivity contribution in [3.05, 3.63) is 52.2 Å². The molecule has 21 heavy (non-hydrogen) atoms. The summed E-state index contributed by atoms with van der Waals surface area (Å²) >= 11 is 0.832. The minimum absolute atomic E-state index is 0.0983. The Kier molecular flexibility index (Phi) is 3.53. The average molecular weight is 304 g/mol. The summed E-state index contributed by atoms with van der Waals surface area (Å²) in [5, 5.41) is 16.0. The lowest BCUT2D eigenvalue weighted by atomic mass is 10.1. The van der Waals surface area contributed by atoms with Gasteiger partial charge < -0.3 is 5.32 Å². The van der Waals surface area contributed by atoms with Crippen molar-refractivity contribution in [2.45, 2.75) is 18.4 Å². The van der Waals surface area contributed by atoms with Gasteiger partial charge >= 0.3 is 11.0 Å². The van der Waals surface area contributed by atoms with Gasteiger partial charge in [0.1, 0.15) is 6.20 Å². The summed E-state index contributed by atoms with van der Waals surface area (Å²) in [4.78, 5) is 25.6. The van der Waals surface area contributed by atoms with Gasteiger partial charge in [-0.3, -0.25) is 15.4 Å². The largest absolute Gasteiger partial charge is 0.345 e. The first-order valence-electron chi connectivity index (χ1n) is 6.36. The molecule has 7 nitrogen and oxygen atoms in total. The van der Waals surface area contributed by atoms with Gasteiger partial charge in [0.25, 0.3) is 0 Å². The van der Waals surface area contributed by atoms with Gasteiger partial charge in [-0.2, -0.15) is 0 Å². The summed E-state index contributed by atoms with van der Waals surface area (Å²) in [6.07, 6.45) is 2.03. The zero-order chi connectivity index (χ0) is 14.8. The van der Waals surface area contributed by atoms with Crippen LogP contribution in [0.4, 0.5) is 14.9 Å². The van der Waals surface area contributed by atoms with Crippen molar-refractivity contribution in [2.24, 2.45) is 0 Å². The third kappa shape index (κ3) is 3.16. The standard InChI is InChI=1S/C13H12N4O3S/c18-12(16-13-14-7-11(21-13)17(19)20)15-10-6-9(10)8-4-2-1-3-5-8/h1-5,7,9-10H,6H2,(H2,14,15,16,18)/t9-,10+/m1/s1. The van der Waals surface area contributed by atoms with E-state index in [9.17, 15) is 14.9 Å². The van der Waals surface area contributed by atoms with E-state index in [4.69, 9.17) is 0 Å². The SMILES string of the molecule is O=C(Nc1ncc([N+](=O)[O-])s1)N[C@H]1C[C@@H]1c1ccccc1. The summed E-state index contributed by atoms with van der Waals surface area (Å²) in [6.45, 7) is 0. The van der Waals surface area contributed by atoms with Gasteiger partial charge in [0, 0.05) is 12.0 Å². The summed E-state index contributed by atoms with van der Waals surface area (Å²) in [5.74, 6) is 0.336. The second-order valence-corrected chi connectivity index (χ2v) is 5.73. The van der Waals surface area contributed by atoms with Gasteiger partial charge in [-0.15, -0.1) is 0 Å². The number of carbonyl (C=O) groups is 1. The van der Waals surface area contributed by atoms with Crippen LogP contribution in [0.5, 0.6) is 0 Å². The number of amides is 2. The molecule has 8 heteroatoms. The summed E-state index contributed by atoms with van der Waals surface area (Å²) in [5.41, 5.74) is 1.20. The highest BCUT2D eigenvalue weighted by atomic mass is 32.1. The molecule has 3 rings (SSSR count). The maximum atomic E-state index is 11.8. The lowest BCUT2D eigenvalue weighted by molar-refractivity contribution is -0.380. The van der Waals surface area contributed by atoms with Gasteiger partial charge in [0.2, 0.25) is 0 Å². The Morgan fingerprint density at radius 2 is 2.14 bits per heavy atom. The number of benzene rings is 1. The number of nitro groups is 1. The quantitative estimate of drug-likeness (QED) is 0.670. The Morgan fingerprint density at radius 1 is 1.38 bits per heavy atom. The molecule has 1 saturated carbocycles.